The Morgan fingerprint density at radius 1 is 1.15 bits per heavy atom. The first-order valence-corrected chi connectivity index (χ1v) is 9.07. The molecule has 0 bridgehead atoms. The zero-order valence-electron chi connectivity index (χ0n) is 14.7. The van der Waals surface area contributed by atoms with Crippen molar-refractivity contribution in [2.24, 2.45) is 0 Å². The van der Waals surface area contributed by atoms with Crippen LogP contribution in [-0.2, 0) is 22.4 Å². The lowest BCUT2D eigenvalue weighted by molar-refractivity contribution is -0.165. The van der Waals surface area contributed by atoms with Crippen molar-refractivity contribution >= 4 is 10.9 Å². The van der Waals surface area contributed by atoms with Crippen LogP contribution >= 0.6 is 0 Å². The first-order valence-electron chi connectivity index (χ1n) is 9.07. The summed E-state index contributed by atoms with van der Waals surface area (Å²) in [6, 6.07) is 6.85. The highest BCUT2D eigenvalue weighted by Gasteiger charge is 2.38. The number of fused-ring (bicyclic) bond motifs is 2. The molecule has 2 aliphatic heterocycles. The van der Waals surface area contributed by atoms with Gasteiger partial charge in [0, 0.05) is 37.6 Å². The number of hydrogen-bond acceptors (Lipinski definition) is 5. The summed E-state index contributed by atoms with van der Waals surface area (Å²) in [5, 5.41) is 0.529. The maximum absolute atomic E-state index is 14.1. The van der Waals surface area contributed by atoms with Gasteiger partial charge in [0.25, 0.3) is 5.56 Å². The number of halogens is 1. The number of ether oxygens (including phenoxy) is 2. The maximum atomic E-state index is 14.1. The fourth-order valence-electron chi connectivity index (χ4n) is 3.96. The molecule has 1 spiro atoms. The molecule has 6 nitrogen and oxygen atoms in total. The van der Waals surface area contributed by atoms with E-state index in [1.807, 2.05) is 0 Å². The molecule has 0 N–H and O–H groups in total. The van der Waals surface area contributed by atoms with Gasteiger partial charge >= 0.3 is 0 Å². The fourth-order valence-corrected chi connectivity index (χ4v) is 3.96. The van der Waals surface area contributed by atoms with Crippen LogP contribution in [0.1, 0.15) is 18.7 Å². The van der Waals surface area contributed by atoms with E-state index in [2.05, 4.69) is 4.98 Å². The van der Waals surface area contributed by atoms with E-state index in [4.69, 9.17) is 14.5 Å². The third kappa shape index (κ3) is 2.74. The molecule has 3 aromatic rings. The second kappa shape index (κ2) is 6.21. The van der Waals surface area contributed by atoms with Crippen LogP contribution in [0, 0.1) is 5.82 Å². The van der Waals surface area contributed by atoms with Gasteiger partial charge in [0.15, 0.2) is 5.79 Å². The van der Waals surface area contributed by atoms with Crippen LogP contribution in [0.2, 0.25) is 0 Å². The molecule has 27 heavy (non-hydrogen) atoms. The van der Waals surface area contributed by atoms with Crippen LogP contribution in [0.15, 0.2) is 41.5 Å². The van der Waals surface area contributed by atoms with E-state index in [9.17, 15) is 9.18 Å². The molecule has 7 heteroatoms. The fraction of sp³-hybridized carbons (Fsp3) is 0.350. The third-order valence-corrected chi connectivity index (χ3v) is 5.38. The van der Waals surface area contributed by atoms with Crippen molar-refractivity contribution in [1.82, 2.24) is 14.5 Å². The Morgan fingerprint density at radius 2 is 2.00 bits per heavy atom. The van der Waals surface area contributed by atoms with E-state index in [0.717, 1.165) is 5.82 Å². The Balaban J connectivity index is 1.60. The molecule has 0 radical (unpaired) electrons. The van der Waals surface area contributed by atoms with Crippen molar-refractivity contribution in [1.29, 1.82) is 0 Å². The number of hydrogen-bond donors (Lipinski definition) is 0. The van der Waals surface area contributed by atoms with Gasteiger partial charge in [-0.15, -0.1) is 0 Å². The second-order valence-corrected chi connectivity index (χ2v) is 6.93. The number of nitrogens with zero attached hydrogens (tertiary/aromatic N) is 3. The molecule has 1 aromatic carbocycles. The highest BCUT2D eigenvalue weighted by Crippen LogP contribution is 2.32. The van der Waals surface area contributed by atoms with E-state index >= 15 is 0 Å². The van der Waals surface area contributed by atoms with Crippen molar-refractivity contribution in [3.63, 3.8) is 0 Å². The first-order chi connectivity index (χ1) is 13.2. The Kier molecular flexibility index (Phi) is 3.80. The Hall–Kier alpha value is -2.64. The monoisotopic (exact) mass is 367 g/mol. The van der Waals surface area contributed by atoms with E-state index in [1.165, 1.54) is 6.20 Å². The molecule has 5 rings (SSSR count). The predicted octanol–water partition coefficient (Wildman–Crippen LogP) is 2.68. The van der Waals surface area contributed by atoms with Crippen molar-refractivity contribution in [3.8, 4) is 11.1 Å². The minimum atomic E-state index is -0.600. The van der Waals surface area contributed by atoms with Crippen molar-refractivity contribution in [2.75, 3.05) is 13.2 Å². The highest BCUT2D eigenvalue weighted by molar-refractivity contribution is 5.83. The van der Waals surface area contributed by atoms with Gasteiger partial charge in [-0.1, -0.05) is 6.07 Å². The molecule has 0 aliphatic carbocycles. The van der Waals surface area contributed by atoms with Crippen LogP contribution in [0.3, 0.4) is 0 Å². The number of benzene rings is 1. The molecule has 0 saturated carbocycles. The quantitative estimate of drug-likeness (QED) is 0.662. The van der Waals surface area contributed by atoms with Gasteiger partial charge in [-0.3, -0.25) is 14.3 Å². The molecule has 138 valence electrons. The molecule has 4 heterocycles. The lowest BCUT2D eigenvalue weighted by atomic mass is 10.0. The lowest BCUT2D eigenvalue weighted by Crippen LogP contribution is -2.31. The van der Waals surface area contributed by atoms with Gasteiger partial charge in [-0.2, -0.15) is 0 Å². The molecule has 2 aromatic heterocycles. The molecule has 0 atom stereocenters. The first kappa shape index (κ1) is 16.5. The van der Waals surface area contributed by atoms with E-state index in [-0.39, 0.29) is 5.56 Å². The highest BCUT2D eigenvalue weighted by atomic mass is 19.1. The zero-order valence-corrected chi connectivity index (χ0v) is 14.7. The van der Waals surface area contributed by atoms with Crippen LogP contribution in [-0.4, -0.2) is 33.5 Å². The second-order valence-electron chi connectivity index (χ2n) is 6.93. The normalized spacial score (nSPS) is 18.6. The molecule has 1 fully saturated rings. The van der Waals surface area contributed by atoms with Crippen LogP contribution in [0.5, 0.6) is 0 Å². The van der Waals surface area contributed by atoms with Gasteiger partial charge in [-0.25, -0.2) is 9.37 Å². The zero-order chi connectivity index (χ0) is 18.4. The summed E-state index contributed by atoms with van der Waals surface area (Å²) in [4.78, 5) is 21.5. The Morgan fingerprint density at radius 3 is 2.81 bits per heavy atom. The summed E-state index contributed by atoms with van der Waals surface area (Å²) < 4.78 is 27.4. The minimum absolute atomic E-state index is 0.0770. The average Bonchev–Trinajstić information content (AvgIpc) is 3.07. The van der Waals surface area contributed by atoms with Gasteiger partial charge in [0.05, 0.1) is 30.3 Å². The molecule has 2 aliphatic rings. The van der Waals surface area contributed by atoms with Crippen molar-refractivity contribution in [2.45, 2.75) is 31.6 Å². The van der Waals surface area contributed by atoms with Gasteiger partial charge in [0.2, 0.25) is 0 Å². The average molecular weight is 367 g/mol. The Bertz CT molecular complexity index is 1090. The summed E-state index contributed by atoms with van der Waals surface area (Å²) in [5.41, 5.74) is 1.61. The lowest BCUT2D eigenvalue weighted by Gasteiger charge is -2.24. The summed E-state index contributed by atoms with van der Waals surface area (Å²) >= 11 is 0. The number of pyridine rings is 1. The minimum Gasteiger partial charge on any atom is -0.347 e. The molecule has 0 amide bonds. The van der Waals surface area contributed by atoms with E-state index in [0.29, 0.717) is 61.1 Å². The summed E-state index contributed by atoms with van der Waals surface area (Å²) in [6.07, 6.45) is 4.62. The summed E-state index contributed by atoms with van der Waals surface area (Å²) in [6.45, 7) is 1.68. The smallest absolute Gasteiger partial charge is 0.261 e. The summed E-state index contributed by atoms with van der Waals surface area (Å²) in [7, 11) is 0. The largest absolute Gasteiger partial charge is 0.347 e. The SMILES string of the molecule is O=c1c2ccc(-c3ccncc3F)cc2nc2n1CCC1(CC2)OCCO1. The third-order valence-electron chi connectivity index (χ3n) is 5.38. The van der Waals surface area contributed by atoms with Gasteiger partial charge in [0.1, 0.15) is 11.6 Å². The summed E-state index contributed by atoms with van der Waals surface area (Å²) in [5.74, 6) is -0.283. The van der Waals surface area contributed by atoms with Crippen molar-refractivity contribution in [3.05, 3.63) is 58.7 Å². The van der Waals surface area contributed by atoms with E-state index < -0.39 is 11.6 Å². The van der Waals surface area contributed by atoms with Crippen LogP contribution < -0.4 is 5.56 Å². The number of rotatable bonds is 1. The Labute approximate surface area is 154 Å². The number of aromatic nitrogens is 3. The van der Waals surface area contributed by atoms with E-state index in [1.54, 1.807) is 35.0 Å². The van der Waals surface area contributed by atoms with Crippen LogP contribution in [0.25, 0.3) is 22.0 Å². The standard InChI is InChI=1S/C20H18FN3O3/c21-16-12-22-7-4-14(16)13-1-2-15-17(11-13)23-18-3-5-20(26-9-10-27-20)6-8-24(18)19(15)25/h1-2,4,7,11-12H,3,5-6,8-10H2. The molecule has 1 saturated heterocycles. The topological polar surface area (TPSA) is 66.2 Å². The molecular weight excluding hydrogens is 349 g/mol. The molecule has 0 unspecified atom stereocenters. The van der Waals surface area contributed by atoms with Crippen LogP contribution in [0.4, 0.5) is 4.39 Å². The molecular formula is C20H18FN3O3. The van der Waals surface area contributed by atoms with Gasteiger partial charge < -0.3 is 9.47 Å². The van der Waals surface area contributed by atoms with Gasteiger partial charge in [-0.05, 0) is 23.8 Å². The predicted molar refractivity (Wildman–Crippen MR) is 96.8 cm³/mol. The number of aryl methyl sites for hydroxylation is 1. The maximum Gasteiger partial charge on any atom is 0.261 e. The van der Waals surface area contributed by atoms with Crippen molar-refractivity contribution < 1.29 is 13.9 Å².